The van der Waals surface area contributed by atoms with Crippen LogP contribution in [0.25, 0.3) is 0 Å². The molecule has 1 heteroatoms. The predicted octanol–water partition coefficient (Wildman–Crippen LogP) is 1.99. The SMILES string of the molecule is COC1CC2(C)C=CC1C2. The molecule has 2 rings (SSSR count). The van der Waals surface area contributed by atoms with Gasteiger partial charge in [0.25, 0.3) is 0 Å². The second-order valence-electron chi connectivity index (χ2n) is 3.86. The van der Waals surface area contributed by atoms with Gasteiger partial charge in [0, 0.05) is 13.0 Å². The molecule has 0 aliphatic heterocycles. The van der Waals surface area contributed by atoms with Gasteiger partial charge < -0.3 is 4.74 Å². The molecule has 2 aliphatic carbocycles. The summed E-state index contributed by atoms with van der Waals surface area (Å²) in [5.41, 5.74) is 0.478. The Kier molecular flexibility index (Phi) is 1.19. The van der Waals surface area contributed by atoms with Crippen molar-refractivity contribution in [1.82, 2.24) is 0 Å². The Morgan fingerprint density at radius 3 is 2.60 bits per heavy atom. The van der Waals surface area contributed by atoms with Crippen LogP contribution in [0.15, 0.2) is 12.2 Å². The van der Waals surface area contributed by atoms with Crippen LogP contribution in [0, 0.1) is 11.3 Å². The molecule has 56 valence electrons. The number of ether oxygens (including phenoxy) is 1. The van der Waals surface area contributed by atoms with Crippen molar-refractivity contribution in [3.8, 4) is 0 Å². The second kappa shape index (κ2) is 1.85. The lowest BCUT2D eigenvalue weighted by Gasteiger charge is -2.20. The molecule has 1 saturated carbocycles. The first-order valence-electron chi connectivity index (χ1n) is 3.96. The van der Waals surface area contributed by atoms with E-state index < -0.39 is 0 Å². The minimum absolute atomic E-state index is 0.478. The monoisotopic (exact) mass is 138 g/mol. The molecule has 0 radical (unpaired) electrons. The van der Waals surface area contributed by atoms with Crippen molar-refractivity contribution in [1.29, 1.82) is 0 Å². The van der Waals surface area contributed by atoms with Crippen molar-refractivity contribution < 1.29 is 4.74 Å². The van der Waals surface area contributed by atoms with E-state index >= 15 is 0 Å². The molecule has 3 unspecified atom stereocenters. The first-order chi connectivity index (χ1) is 4.73. The van der Waals surface area contributed by atoms with E-state index in [4.69, 9.17) is 4.74 Å². The number of methoxy groups -OCH3 is 1. The van der Waals surface area contributed by atoms with Crippen LogP contribution in [0.4, 0.5) is 0 Å². The van der Waals surface area contributed by atoms with Crippen LogP contribution >= 0.6 is 0 Å². The lowest BCUT2D eigenvalue weighted by atomic mass is 9.90. The molecule has 0 spiro atoms. The number of fused-ring (bicyclic) bond motifs is 2. The zero-order chi connectivity index (χ0) is 7.19. The highest BCUT2D eigenvalue weighted by molar-refractivity contribution is 5.17. The van der Waals surface area contributed by atoms with E-state index in [-0.39, 0.29) is 0 Å². The molecule has 1 fully saturated rings. The topological polar surface area (TPSA) is 9.23 Å². The summed E-state index contributed by atoms with van der Waals surface area (Å²) in [6, 6.07) is 0. The van der Waals surface area contributed by atoms with Gasteiger partial charge in [-0.25, -0.2) is 0 Å². The molecule has 0 N–H and O–H groups in total. The van der Waals surface area contributed by atoms with Gasteiger partial charge in [0.1, 0.15) is 0 Å². The van der Waals surface area contributed by atoms with Gasteiger partial charge in [0.2, 0.25) is 0 Å². The number of rotatable bonds is 1. The summed E-state index contributed by atoms with van der Waals surface area (Å²) in [6.45, 7) is 2.32. The van der Waals surface area contributed by atoms with Gasteiger partial charge in [-0.3, -0.25) is 0 Å². The van der Waals surface area contributed by atoms with Crippen LogP contribution in [0.1, 0.15) is 19.8 Å². The normalized spacial score (nSPS) is 50.6. The summed E-state index contributed by atoms with van der Waals surface area (Å²) < 4.78 is 5.36. The van der Waals surface area contributed by atoms with Crippen molar-refractivity contribution in [2.45, 2.75) is 25.9 Å². The van der Waals surface area contributed by atoms with E-state index in [0.29, 0.717) is 11.5 Å². The van der Waals surface area contributed by atoms with Crippen molar-refractivity contribution in [3.05, 3.63) is 12.2 Å². The maximum Gasteiger partial charge on any atom is 0.0642 e. The minimum atomic E-state index is 0.478. The molecule has 0 aromatic heterocycles. The van der Waals surface area contributed by atoms with Crippen LogP contribution in [-0.4, -0.2) is 13.2 Å². The Morgan fingerprint density at radius 1 is 1.50 bits per heavy atom. The maximum atomic E-state index is 5.36. The van der Waals surface area contributed by atoms with Crippen molar-refractivity contribution in [3.63, 3.8) is 0 Å². The van der Waals surface area contributed by atoms with Crippen molar-refractivity contribution in [2.75, 3.05) is 7.11 Å². The molecule has 10 heavy (non-hydrogen) atoms. The maximum absolute atomic E-state index is 5.36. The predicted molar refractivity (Wildman–Crippen MR) is 40.8 cm³/mol. The van der Waals surface area contributed by atoms with E-state index in [1.54, 1.807) is 0 Å². The minimum Gasteiger partial charge on any atom is -0.381 e. The van der Waals surface area contributed by atoms with E-state index in [0.717, 1.165) is 5.92 Å². The third kappa shape index (κ3) is 0.734. The number of hydrogen-bond acceptors (Lipinski definition) is 1. The van der Waals surface area contributed by atoms with Gasteiger partial charge in [0.15, 0.2) is 0 Å². The van der Waals surface area contributed by atoms with E-state index in [9.17, 15) is 0 Å². The summed E-state index contributed by atoms with van der Waals surface area (Å²) in [5, 5.41) is 0. The van der Waals surface area contributed by atoms with Gasteiger partial charge in [-0.2, -0.15) is 0 Å². The standard InChI is InChI=1S/C9H14O/c1-9-4-3-7(5-9)8(6-9)10-2/h3-4,7-8H,5-6H2,1-2H3. The molecular weight excluding hydrogens is 124 g/mol. The Bertz CT molecular complexity index is 174. The molecule has 2 aliphatic rings. The van der Waals surface area contributed by atoms with E-state index in [1.165, 1.54) is 12.8 Å². The van der Waals surface area contributed by atoms with Crippen LogP contribution < -0.4 is 0 Å². The molecule has 2 bridgehead atoms. The first kappa shape index (κ1) is 6.41. The fourth-order valence-electron chi connectivity index (χ4n) is 2.31. The van der Waals surface area contributed by atoms with E-state index in [1.807, 2.05) is 7.11 Å². The molecule has 0 aromatic rings. The van der Waals surface area contributed by atoms with Gasteiger partial charge in [-0.05, 0) is 18.3 Å². The Hall–Kier alpha value is -0.300. The van der Waals surface area contributed by atoms with Gasteiger partial charge in [-0.1, -0.05) is 19.1 Å². The molecule has 0 amide bonds. The highest BCUT2D eigenvalue weighted by Gasteiger charge is 2.43. The second-order valence-corrected chi connectivity index (χ2v) is 3.86. The third-order valence-corrected chi connectivity index (χ3v) is 2.90. The highest BCUT2D eigenvalue weighted by atomic mass is 16.5. The summed E-state index contributed by atoms with van der Waals surface area (Å²) in [6.07, 6.45) is 7.72. The fourth-order valence-corrected chi connectivity index (χ4v) is 2.31. The Morgan fingerprint density at radius 2 is 2.30 bits per heavy atom. The van der Waals surface area contributed by atoms with Crippen LogP contribution in [0.2, 0.25) is 0 Å². The summed E-state index contributed by atoms with van der Waals surface area (Å²) in [4.78, 5) is 0. The van der Waals surface area contributed by atoms with Crippen LogP contribution in [0.5, 0.6) is 0 Å². The molecule has 0 heterocycles. The summed E-state index contributed by atoms with van der Waals surface area (Å²) in [5.74, 6) is 0.718. The lowest BCUT2D eigenvalue weighted by Crippen LogP contribution is -2.17. The Labute approximate surface area is 62.1 Å². The lowest BCUT2D eigenvalue weighted by molar-refractivity contribution is 0.0783. The smallest absolute Gasteiger partial charge is 0.0642 e. The van der Waals surface area contributed by atoms with Crippen LogP contribution in [0.3, 0.4) is 0 Å². The number of allylic oxidation sites excluding steroid dienone is 1. The van der Waals surface area contributed by atoms with Gasteiger partial charge in [0.05, 0.1) is 6.10 Å². The molecule has 3 atom stereocenters. The molecular formula is C9H14O. The first-order valence-corrected chi connectivity index (χ1v) is 3.96. The van der Waals surface area contributed by atoms with Gasteiger partial charge in [-0.15, -0.1) is 0 Å². The molecule has 0 aromatic carbocycles. The quantitative estimate of drug-likeness (QED) is 0.503. The number of hydrogen-bond donors (Lipinski definition) is 0. The van der Waals surface area contributed by atoms with Crippen molar-refractivity contribution >= 4 is 0 Å². The Balaban J connectivity index is 2.18. The third-order valence-electron chi connectivity index (χ3n) is 2.90. The zero-order valence-corrected chi connectivity index (χ0v) is 6.63. The largest absolute Gasteiger partial charge is 0.381 e. The average molecular weight is 138 g/mol. The van der Waals surface area contributed by atoms with Gasteiger partial charge >= 0.3 is 0 Å². The molecule has 0 saturated heterocycles. The van der Waals surface area contributed by atoms with Crippen LogP contribution in [-0.2, 0) is 4.74 Å². The molecule has 1 nitrogen and oxygen atoms in total. The summed E-state index contributed by atoms with van der Waals surface area (Å²) >= 11 is 0. The summed E-state index contributed by atoms with van der Waals surface area (Å²) in [7, 11) is 1.82. The van der Waals surface area contributed by atoms with E-state index in [2.05, 4.69) is 19.1 Å². The van der Waals surface area contributed by atoms with Crippen molar-refractivity contribution in [2.24, 2.45) is 11.3 Å². The average Bonchev–Trinajstić information content (AvgIpc) is 2.41. The highest BCUT2D eigenvalue weighted by Crippen LogP contribution is 2.49. The fraction of sp³-hybridized carbons (Fsp3) is 0.778. The zero-order valence-electron chi connectivity index (χ0n) is 6.63.